The molecule has 0 fully saturated rings. The van der Waals surface area contributed by atoms with Crippen LogP contribution in [0, 0.1) is 13.8 Å². The Kier molecular flexibility index (Phi) is 6.45. The summed E-state index contributed by atoms with van der Waals surface area (Å²) in [6, 6.07) is 13.5. The maximum Gasteiger partial charge on any atom is 0.261 e. The van der Waals surface area contributed by atoms with Crippen molar-refractivity contribution in [2.24, 2.45) is 0 Å². The molecular formula is C21H27NO3. The van der Waals surface area contributed by atoms with Gasteiger partial charge in [-0.15, -0.1) is 0 Å². The summed E-state index contributed by atoms with van der Waals surface area (Å²) >= 11 is 0. The van der Waals surface area contributed by atoms with E-state index in [0.29, 0.717) is 12.2 Å². The van der Waals surface area contributed by atoms with E-state index in [2.05, 4.69) is 37.4 Å². The van der Waals surface area contributed by atoms with Crippen molar-refractivity contribution in [2.45, 2.75) is 46.3 Å². The number of amides is 1. The fourth-order valence-electron chi connectivity index (χ4n) is 2.75. The zero-order valence-electron chi connectivity index (χ0n) is 15.6. The van der Waals surface area contributed by atoms with E-state index in [0.717, 1.165) is 11.3 Å². The predicted molar refractivity (Wildman–Crippen MR) is 100 cm³/mol. The summed E-state index contributed by atoms with van der Waals surface area (Å²) in [6.45, 7) is 8.05. The van der Waals surface area contributed by atoms with Crippen molar-refractivity contribution in [3.05, 3.63) is 59.2 Å². The molecule has 0 aromatic heterocycles. The summed E-state index contributed by atoms with van der Waals surface area (Å²) in [4.78, 5) is 12.6. The Labute approximate surface area is 150 Å². The summed E-state index contributed by atoms with van der Waals surface area (Å²) in [6.07, 6.45) is 0.0677. The first-order chi connectivity index (χ1) is 11.9. The van der Waals surface area contributed by atoms with Crippen molar-refractivity contribution in [3.8, 4) is 11.5 Å². The van der Waals surface area contributed by atoms with Crippen LogP contribution in [0.3, 0.4) is 0 Å². The van der Waals surface area contributed by atoms with Gasteiger partial charge in [0, 0.05) is 0 Å². The van der Waals surface area contributed by atoms with Crippen LogP contribution < -0.4 is 14.8 Å². The van der Waals surface area contributed by atoms with Gasteiger partial charge in [-0.25, -0.2) is 0 Å². The minimum absolute atomic E-state index is 0.0686. The lowest BCUT2D eigenvalue weighted by Gasteiger charge is -2.22. The van der Waals surface area contributed by atoms with Crippen LogP contribution in [0.1, 0.15) is 43.0 Å². The van der Waals surface area contributed by atoms with Crippen LogP contribution in [0.15, 0.2) is 42.5 Å². The fraction of sp³-hybridized carbons (Fsp3) is 0.381. The Morgan fingerprint density at radius 1 is 1.08 bits per heavy atom. The minimum atomic E-state index is -0.527. The normalized spacial score (nSPS) is 13.0. The van der Waals surface area contributed by atoms with Crippen LogP contribution in [0.2, 0.25) is 0 Å². The molecule has 0 aliphatic heterocycles. The molecule has 0 saturated carbocycles. The number of carbonyl (C=O) groups excluding carboxylic acids is 1. The van der Waals surface area contributed by atoms with Crippen molar-refractivity contribution >= 4 is 5.91 Å². The molecule has 1 N–H and O–H groups in total. The van der Waals surface area contributed by atoms with Gasteiger partial charge in [0.1, 0.15) is 11.5 Å². The number of benzene rings is 2. The first-order valence-corrected chi connectivity index (χ1v) is 8.62. The molecule has 0 spiro atoms. The van der Waals surface area contributed by atoms with Gasteiger partial charge in [0.25, 0.3) is 5.91 Å². The van der Waals surface area contributed by atoms with Crippen LogP contribution in [-0.2, 0) is 4.79 Å². The third-order valence-electron chi connectivity index (χ3n) is 4.26. The zero-order valence-corrected chi connectivity index (χ0v) is 15.6. The van der Waals surface area contributed by atoms with Crippen LogP contribution in [0.5, 0.6) is 11.5 Å². The minimum Gasteiger partial charge on any atom is -0.497 e. The van der Waals surface area contributed by atoms with E-state index in [9.17, 15) is 4.79 Å². The summed E-state index contributed by atoms with van der Waals surface area (Å²) in [5.41, 5.74) is 3.48. The molecule has 0 saturated heterocycles. The Morgan fingerprint density at radius 2 is 1.72 bits per heavy atom. The number of ether oxygens (including phenoxy) is 2. The molecule has 0 radical (unpaired) electrons. The first-order valence-electron chi connectivity index (χ1n) is 8.62. The van der Waals surface area contributed by atoms with Gasteiger partial charge in [0.05, 0.1) is 13.2 Å². The van der Waals surface area contributed by atoms with Gasteiger partial charge in [-0.1, -0.05) is 30.7 Å². The number of nitrogens with one attached hydrogen (secondary N) is 1. The number of carbonyl (C=O) groups is 1. The van der Waals surface area contributed by atoms with Crippen LogP contribution in [0.4, 0.5) is 0 Å². The molecular weight excluding hydrogens is 314 g/mol. The van der Waals surface area contributed by atoms with E-state index in [1.165, 1.54) is 11.1 Å². The quantitative estimate of drug-likeness (QED) is 0.814. The number of hydrogen-bond acceptors (Lipinski definition) is 3. The molecule has 134 valence electrons. The highest BCUT2D eigenvalue weighted by atomic mass is 16.5. The van der Waals surface area contributed by atoms with Gasteiger partial charge < -0.3 is 14.8 Å². The molecule has 0 aliphatic rings. The van der Waals surface area contributed by atoms with Crippen molar-refractivity contribution in [1.82, 2.24) is 5.32 Å². The highest BCUT2D eigenvalue weighted by Crippen LogP contribution is 2.21. The van der Waals surface area contributed by atoms with E-state index in [1.54, 1.807) is 7.11 Å². The Balaban J connectivity index is 2.04. The molecule has 2 aromatic carbocycles. The lowest BCUT2D eigenvalue weighted by Crippen LogP contribution is -2.39. The molecule has 0 bridgehead atoms. The van der Waals surface area contributed by atoms with E-state index in [1.807, 2.05) is 38.1 Å². The lowest BCUT2D eigenvalue weighted by molar-refractivity contribution is -0.128. The molecule has 4 nitrogen and oxygen atoms in total. The van der Waals surface area contributed by atoms with Crippen molar-refractivity contribution in [1.29, 1.82) is 0 Å². The van der Waals surface area contributed by atoms with Crippen LogP contribution in [-0.4, -0.2) is 19.1 Å². The van der Waals surface area contributed by atoms with Gasteiger partial charge in [0.2, 0.25) is 0 Å². The molecule has 1 amide bonds. The van der Waals surface area contributed by atoms with Crippen molar-refractivity contribution < 1.29 is 14.3 Å². The van der Waals surface area contributed by atoms with Gasteiger partial charge >= 0.3 is 0 Å². The second-order valence-corrected chi connectivity index (χ2v) is 6.28. The Hall–Kier alpha value is -2.49. The molecule has 2 atom stereocenters. The zero-order chi connectivity index (χ0) is 18.4. The fourth-order valence-corrected chi connectivity index (χ4v) is 2.75. The van der Waals surface area contributed by atoms with E-state index >= 15 is 0 Å². The summed E-state index contributed by atoms with van der Waals surface area (Å²) in [5, 5.41) is 3.07. The van der Waals surface area contributed by atoms with Gasteiger partial charge in [-0.05, 0) is 62.6 Å². The largest absolute Gasteiger partial charge is 0.497 e. The lowest BCUT2D eigenvalue weighted by atomic mass is 10.00. The molecule has 2 rings (SSSR count). The number of rotatable bonds is 7. The highest BCUT2D eigenvalue weighted by molar-refractivity contribution is 5.81. The summed E-state index contributed by atoms with van der Waals surface area (Å²) < 4.78 is 11.0. The van der Waals surface area contributed by atoms with Gasteiger partial charge in [-0.2, -0.15) is 0 Å². The first kappa shape index (κ1) is 18.8. The van der Waals surface area contributed by atoms with Crippen molar-refractivity contribution in [3.63, 3.8) is 0 Å². The van der Waals surface area contributed by atoms with Gasteiger partial charge in [-0.3, -0.25) is 4.79 Å². The maximum atomic E-state index is 12.6. The third-order valence-corrected chi connectivity index (χ3v) is 4.26. The topological polar surface area (TPSA) is 47.6 Å². The molecule has 0 unspecified atom stereocenters. The highest BCUT2D eigenvalue weighted by Gasteiger charge is 2.21. The van der Waals surface area contributed by atoms with E-state index < -0.39 is 6.10 Å². The summed E-state index contributed by atoms with van der Waals surface area (Å²) in [5.74, 6) is 1.31. The average Bonchev–Trinajstić information content (AvgIpc) is 2.61. The van der Waals surface area contributed by atoms with Crippen LogP contribution >= 0.6 is 0 Å². The smallest absolute Gasteiger partial charge is 0.261 e. The summed E-state index contributed by atoms with van der Waals surface area (Å²) in [7, 11) is 1.62. The number of aryl methyl sites for hydroxylation is 2. The number of methoxy groups -OCH3 is 1. The molecule has 0 aliphatic carbocycles. The molecule has 4 heteroatoms. The van der Waals surface area contributed by atoms with E-state index in [-0.39, 0.29) is 11.9 Å². The molecule has 0 heterocycles. The average molecular weight is 341 g/mol. The predicted octanol–water partition coefficient (Wildman–Crippen LogP) is 4.35. The number of hydrogen-bond donors (Lipinski definition) is 1. The Morgan fingerprint density at radius 3 is 2.32 bits per heavy atom. The van der Waals surface area contributed by atoms with Gasteiger partial charge in [0.15, 0.2) is 6.10 Å². The molecule has 2 aromatic rings. The van der Waals surface area contributed by atoms with Crippen LogP contribution in [0.25, 0.3) is 0 Å². The SMILES string of the molecule is CC[C@H](Oc1ccc(OC)cc1)C(=O)N[C@H](C)c1cc(C)ccc1C. The second kappa shape index (κ2) is 8.56. The standard InChI is InChI=1S/C21H27NO3/c1-6-20(25-18-11-9-17(24-5)10-12-18)21(23)22-16(4)19-13-14(2)7-8-15(19)3/h7-13,16,20H,6H2,1-5H3,(H,22,23)/t16-,20+/m1/s1. The van der Waals surface area contributed by atoms with Crippen molar-refractivity contribution in [2.75, 3.05) is 7.11 Å². The van der Waals surface area contributed by atoms with E-state index in [4.69, 9.17) is 9.47 Å². The Bertz CT molecular complexity index is 710. The maximum absolute atomic E-state index is 12.6. The monoisotopic (exact) mass is 341 g/mol. The molecule has 25 heavy (non-hydrogen) atoms. The second-order valence-electron chi connectivity index (χ2n) is 6.28. The third kappa shape index (κ3) is 4.99.